The van der Waals surface area contributed by atoms with E-state index in [9.17, 15) is 0 Å². The lowest BCUT2D eigenvalue weighted by Crippen LogP contribution is -2.55. The van der Waals surface area contributed by atoms with Gasteiger partial charge in [-0.1, -0.05) is 30.4 Å². The number of para-hydroxylation sites is 2. The molecular weight excluding hydrogens is 378 g/mol. The summed E-state index contributed by atoms with van der Waals surface area (Å²) in [5.74, 6) is 1.27. The molecule has 4 heterocycles. The summed E-state index contributed by atoms with van der Waals surface area (Å²) in [6, 6.07) is 8.99. The van der Waals surface area contributed by atoms with Crippen molar-refractivity contribution in [3.05, 3.63) is 60.0 Å². The Morgan fingerprint density at radius 1 is 0.967 bits per heavy atom. The molecule has 154 valence electrons. The second-order valence-electron chi connectivity index (χ2n) is 8.07. The summed E-state index contributed by atoms with van der Waals surface area (Å²) in [7, 11) is 0. The number of anilines is 3. The molecule has 5 N–H and O–H groups in total. The Bertz CT molecular complexity index is 1020. The van der Waals surface area contributed by atoms with Crippen molar-refractivity contribution in [2.24, 2.45) is 0 Å². The number of benzene rings is 1. The van der Waals surface area contributed by atoms with Gasteiger partial charge < -0.3 is 31.3 Å². The molecule has 1 aromatic heterocycles. The van der Waals surface area contributed by atoms with Crippen molar-refractivity contribution in [2.75, 3.05) is 42.2 Å². The van der Waals surface area contributed by atoms with Crippen LogP contribution < -0.4 is 31.3 Å². The molecule has 0 saturated carbocycles. The highest BCUT2D eigenvalue weighted by Crippen LogP contribution is 2.33. The standard InChI is InChI=1S/C22H25N7O/c1-2-4-16-14(3-1)25-10-18(27-16)19-11-26-21-22(29-19)30-12-20(28-21)13-5-6-15-17(9-13)24-8-7-23-15/h1-6,9,11,15,17-18,20,23-25,27H,7-8,10,12H2,(H,26,28). The molecule has 4 unspecified atom stereocenters. The van der Waals surface area contributed by atoms with Crippen LogP contribution in [0.5, 0.6) is 5.88 Å². The highest BCUT2D eigenvalue weighted by molar-refractivity contribution is 5.71. The van der Waals surface area contributed by atoms with E-state index in [1.54, 1.807) is 0 Å². The van der Waals surface area contributed by atoms with Gasteiger partial charge in [0, 0.05) is 31.7 Å². The lowest BCUT2D eigenvalue weighted by atomic mass is 9.92. The highest BCUT2D eigenvalue weighted by atomic mass is 16.5. The van der Waals surface area contributed by atoms with E-state index in [0.29, 0.717) is 30.4 Å². The van der Waals surface area contributed by atoms with Crippen LogP contribution in [0.1, 0.15) is 11.7 Å². The molecule has 3 aliphatic heterocycles. The summed E-state index contributed by atoms with van der Waals surface area (Å²) in [4.78, 5) is 9.38. The molecule has 8 heteroatoms. The number of fused-ring (bicyclic) bond motifs is 3. The monoisotopic (exact) mass is 403 g/mol. The van der Waals surface area contributed by atoms with Gasteiger partial charge in [0.1, 0.15) is 6.61 Å². The summed E-state index contributed by atoms with van der Waals surface area (Å²) in [6.07, 6.45) is 8.54. The molecular formula is C22H25N7O. The van der Waals surface area contributed by atoms with E-state index in [1.807, 2.05) is 18.3 Å². The maximum absolute atomic E-state index is 6.03. The van der Waals surface area contributed by atoms with Crippen molar-refractivity contribution in [3.8, 4) is 5.88 Å². The number of piperazine rings is 1. The number of nitrogens with zero attached hydrogens (tertiary/aromatic N) is 2. The maximum atomic E-state index is 6.03. The van der Waals surface area contributed by atoms with Gasteiger partial charge in [-0.05, 0) is 17.7 Å². The minimum absolute atomic E-state index is 0.0461. The van der Waals surface area contributed by atoms with Gasteiger partial charge in [0.2, 0.25) is 0 Å². The van der Waals surface area contributed by atoms with Crippen LogP contribution in [0.3, 0.4) is 0 Å². The van der Waals surface area contributed by atoms with Gasteiger partial charge in [-0.25, -0.2) is 9.97 Å². The second kappa shape index (κ2) is 7.30. The molecule has 30 heavy (non-hydrogen) atoms. The van der Waals surface area contributed by atoms with Gasteiger partial charge in [0.05, 0.1) is 35.3 Å². The van der Waals surface area contributed by atoms with Crippen LogP contribution in [-0.2, 0) is 0 Å². The van der Waals surface area contributed by atoms with E-state index >= 15 is 0 Å². The number of hydrogen-bond donors (Lipinski definition) is 5. The number of ether oxygens (including phenoxy) is 1. The average molecular weight is 403 g/mol. The summed E-state index contributed by atoms with van der Waals surface area (Å²) in [5, 5.41) is 17.6. The lowest BCUT2D eigenvalue weighted by Gasteiger charge is -2.35. The van der Waals surface area contributed by atoms with Crippen LogP contribution in [0.2, 0.25) is 0 Å². The zero-order chi connectivity index (χ0) is 19.9. The molecule has 1 aliphatic carbocycles. The van der Waals surface area contributed by atoms with E-state index < -0.39 is 0 Å². The first kappa shape index (κ1) is 17.7. The van der Waals surface area contributed by atoms with Gasteiger partial charge in [0.15, 0.2) is 5.82 Å². The van der Waals surface area contributed by atoms with Gasteiger partial charge in [-0.15, -0.1) is 0 Å². The average Bonchev–Trinajstić information content (AvgIpc) is 2.83. The zero-order valence-corrected chi connectivity index (χ0v) is 16.6. The van der Waals surface area contributed by atoms with Crippen molar-refractivity contribution in [3.63, 3.8) is 0 Å². The van der Waals surface area contributed by atoms with E-state index in [4.69, 9.17) is 9.72 Å². The van der Waals surface area contributed by atoms with Crippen LogP contribution in [-0.4, -0.2) is 54.3 Å². The van der Waals surface area contributed by atoms with E-state index in [2.05, 4.69) is 61.9 Å². The number of hydrogen-bond acceptors (Lipinski definition) is 8. The minimum atomic E-state index is 0.0461. The zero-order valence-electron chi connectivity index (χ0n) is 16.6. The van der Waals surface area contributed by atoms with Crippen molar-refractivity contribution in [1.82, 2.24) is 20.6 Å². The van der Waals surface area contributed by atoms with Crippen LogP contribution in [0.15, 0.2) is 54.3 Å². The lowest BCUT2D eigenvalue weighted by molar-refractivity contribution is 0.282. The van der Waals surface area contributed by atoms with Crippen LogP contribution in [0, 0.1) is 0 Å². The van der Waals surface area contributed by atoms with Crippen molar-refractivity contribution >= 4 is 17.2 Å². The van der Waals surface area contributed by atoms with Gasteiger partial charge >= 0.3 is 0 Å². The summed E-state index contributed by atoms with van der Waals surface area (Å²) in [6.45, 7) is 3.27. The molecule has 4 atom stereocenters. The minimum Gasteiger partial charge on any atom is -0.472 e. The fraction of sp³-hybridized carbons (Fsp3) is 0.364. The topological polar surface area (TPSA) is 95.2 Å². The van der Waals surface area contributed by atoms with Crippen molar-refractivity contribution in [1.29, 1.82) is 0 Å². The molecule has 0 spiro atoms. The van der Waals surface area contributed by atoms with Crippen molar-refractivity contribution in [2.45, 2.75) is 24.2 Å². The normalized spacial score (nSPS) is 29.0. The second-order valence-corrected chi connectivity index (χ2v) is 8.07. The summed E-state index contributed by atoms with van der Waals surface area (Å²) >= 11 is 0. The molecule has 6 rings (SSSR count). The Balaban J connectivity index is 1.18. The number of rotatable bonds is 2. The van der Waals surface area contributed by atoms with E-state index in [0.717, 1.165) is 36.7 Å². The first-order valence-electron chi connectivity index (χ1n) is 10.6. The van der Waals surface area contributed by atoms with Crippen LogP contribution >= 0.6 is 0 Å². The van der Waals surface area contributed by atoms with E-state index in [-0.39, 0.29) is 12.1 Å². The molecule has 1 fully saturated rings. The smallest absolute Gasteiger partial charge is 0.257 e. The Morgan fingerprint density at radius 2 is 1.83 bits per heavy atom. The summed E-state index contributed by atoms with van der Waals surface area (Å²) < 4.78 is 6.03. The first-order valence-corrected chi connectivity index (χ1v) is 10.6. The quantitative estimate of drug-likeness (QED) is 0.517. The molecule has 1 aromatic carbocycles. The SMILES string of the molecule is C1=CC2NCCNC2C=C1C1COc2nc(C3CNc4ccccc4N3)cnc2N1. The molecule has 8 nitrogen and oxygen atoms in total. The largest absolute Gasteiger partial charge is 0.472 e. The molecule has 4 aliphatic rings. The van der Waals surface area contributed by atoms with Gasteiger partial charge in [0.25, 0.3) is 5.88 Å². The molecule has 2 aromatic rings. The number of aromatic nitrogens is 2. The first-order chi connectivity index (χ1) is 14.8. The van der Waals surface area contributed by atoms with Crippen LogP contribution in [0.25, 0.3) is 0 Å². The van der Waals surface area contributed by atoms with E-state index in [1.165, 1.54) is 5.57 Å². The highest BCUT2D eigenvalue weighted by Gasteiger charge is 2.30. The third-order valence-electron chi connectivity index (χ3n) is 6.11. The van der Waals surface area contributed by atoms with Crippen LogP contribution in [0.4, 0.5) is 17.2 Å². The Hall–Kier alpha value is -3.10. The Kier molecular flexibility index (Phi) is 4.32. The number of nitrogens with one attached hydrogen (secondary N) is 5. The molecule has 0 amide bonds. The van der Waals surface area contributed by atoms with Gasteiger partial charge in [-0.2, -0.15) is 0 Å². The Labute approximate surface area is 175 Å². The predicted molar refractivity (Wildman–Crippen MR) is 117 cm³/mol. The fourth-order valence-electron chi connectivity index (χ4n) is 4.49. The molecule has 0 radical (unpaired) electrons. The predicted octanol–water partition coefficient (Wildman–Crippen LogP) is 1.65. The third kappa shape index (κ3) is 3.18. The maximum Gasteiger partial charge on any atom is 0.257 e. The fourth-order valence-corrected chi connectivity index (χ4v) is 4.49. The Morgan fingerprint density at radius 3 is 2.77 bits per heavy atom. The molecule has 0 bridgehead atoms. The summed E-state index contributed by atoms with van der Waals surface area (Å²) in [5.41, 5.74) is 4.28. The third-order valence-corrected chi connectivity index (χ3v) is 6.11. The van der Waals surface area contributed by atoms with Crippen molar-refractivity contribution < 1.29 is 4.74 Å². The molecule has 1 saturated heterocycles. The van der Waals surface area contributed by atoms with Gasteiger partial charge in [-0.3, -0.25) is 0 Å².